The number of halogens is 2. The van der Waals surface area contributed by atoms with Gasteiger partial charge in [-0.05, 0) is 13.0 Å². The fraction of sp³-hybridized carbons (Fsp3) is 0.0909. The van der Waals surface area contributed by atoms with Crippen LogP contribution < -0.4 is 5.73 Å². The lowest BCUT2D eigenvalue weighted by Gasteiger charge is -2.06. The lowest BCUT2D eigenvalue weighted by molar-refractivity contribution is 1.07. The minimum absolute atomic E-state index is 0.415. The quantitative estimate of drug-likeness (QED) is 0.849. The second-order valence-corrected chi connectivity index (χ2v) is 4.11. The van der Waals surface area contributed by atoms with Gasteiger partial charge in [-0.25, -0.2) is 9.97 Å². The molecule has 0 aliphatic rings. The summed E-state index contributed by atoms with van der Waals surface area (Å²) in [6.45, 7) is 1.78. The van der Waals surface area contributed by atoms with E-state index in [1.807, 2.05) is 12.1 Å². The highest BCUT2D eigenvalue weighted by atomic mass is 35.5. The summed E-state index contributed by atoms with van der Waals surface area (Å²) in [7, 11) is 0. The average molecular weight is 254 g/mol. The summed E-state index contributed by atoms with van der Waals surface area (Å²) in [6.07, 6.45) is 0. The number of hydrogen-bond acceptors (Lipinski definition) is 3. The Morgan fingerprint density at radius 2 is 1.94 bits per heavy atom. The topological polar surface area (TPSA) is 51.8 Å². The van der Waals surface area contributed by atoms with Gasteiger partial charge in [0.15, 0.2) is 0 Å². The second kappa shape index (κ2) is 4.28. The van der Waals surface area contributed by atoms with Gasteiger partial charge in [0.1, 0.15) is 11.6 Å². The zero-order chi connectivity index (χ0) is 11.7. The van der Waals surface area contributed by atoms with E-state index in [0.717, 1.165) is 5.56 Å². The van der Waals surface area contributed by atoms with E-state index in [-0.39, 0.29) is 0 Å². The summed E-state index contributed by atoms with van der Waals surface area (Å²) in [5.41, 5.74) is 7.09. The first-order valence-electron chi connectivity index (χ1n) is 4.63. The Balaban J connectivity index is 2.63. The molecule has 0 aliphatic carbocycles. The molecule has 0 spiro atoms. The minimum Gasteiger partial charge on any atom is -0.384 e. The number of benzene rings is 1. The van der Waals surface area contributed by atoms with Gasteiger partial charge in [-0.2, -0.15) is 0 Å². The Morgan fingerprint density at radius 1 is 1.19 bits per heavy atom. The first-order valence-corrected chi connectivity index (χ1v) is 5.39. The average Bonchev–Trinajstić information content (AvgIpc) is 2.20. The molecule has 0 aliphatic heterocycles. The van der Waals surface area contributed by atoms with Gasteiger partial charge in [-0.1, -0.05) is 35.3 Å². The van der Waals surface area contributed by atoms with Gasteiger partial charge in [0.05, 0.1) is 15.7 Å². The molecule has 82 valence electrons. The molecule has 0 saturated heterocycles. The van der Waals surface area contributed by atoms with Crippen LogP contribution in [0.5, 0.6) is 0 Å². The van der Waals surface area contributed by atoms with Crippen molar-refractivity contribution in [3.05, 3.63) is 40.1 Å². The van der Waals surface area contributed by atoms with E-state index in [1.54, 1.807) is 19.1 Å². The predicted molar refractivity (Wildman–Crippen MR) is 66.6 cm³/mol. The van der Waals surface area contributed by atoms with Crippen LogP contribution in [0.25, 0.3) is 11.3 Å². The Morgan fingerprint density at radius 3 is 2.62 bits per heavy atom. The summed E-state index contributed by atoms with van der Waals surface area (Å²) < 4.78 is 0. The molecular weight excluding hydrogens is 245 g/mol. The first-order chi connectivity index (χ1) is 7.58. The van der Waals surface area contributed by atoms with E-state index in [0.29, 0.717) is 27.4 Å². The Hall–Kier alpha value is -1.32. The molecule has 0 amide bonds. The highest BCUT2D eigenvalue weighted by Gasteiger charge is 2.09. The molecule has 0 radical (unpaired) electrons. The molecule has 1 aromatic carbocycles. The van der Waals surface area contributed by atoms with Crippen LogP contribution in [0.4, 0.5) is 5.82 Å². The van der Waals surface area contributed by atoms with Crippen LogP contribution in [-0.2, 0) is 0 Å². The van der Waals surface area contributed by atoms with Gasteiger partial charge in [-0.15, -0.1) is 0 Å². The van der Waals surface area contributed by atoms with Crippen LogP contribution in [0.1, 0.15) is 5.82 Å². The lowest BCUT2D eigenvalue weighted by atomic mass is 10.1. The van der Waals surface area contributed by atoms with Crippen molar-refractivity contribution in [1.29, 1.82) is 0 Å². The van der Waals surface area contributed by atoms with Gasteiger partial charge in [-0.3, -0.25) is 0 Å². The van der Waals surface area contributed by atoms with Crippen molar-refractivity contribution in [2.24, 2.45) is 0 Å². The first kappa shape index (κ1) is 11.2. The number of nitrogens with zero attached hydrogens (tertiary/aromatic N) is 2. The maximum absolute atomic E-state index is 6.10. The zero-order valence-electron chi connectivity index (χ0n) is 8.54. The molecule has 0 bridgehead atoms. The second-order valence-electron chi connectivity index (χ2n) is 3.33. The van der Waals surface area contributed by atoms with Gasteiger partial charge in [0.25, 0.3) is 0 Å². The van der Waals surface area contributed by atoms with E-state index >= 15 is 0 Å². The zero-order valence-corrected chi connectivity index (χ0v) is 10.0. The van der Waals surface area contributed by atoms with E-state index in [4.69, 9.17) is 28.9 Å². The van der Waals surface area contributed by atoms with E-state index in [2.05, 4.69) is 9.97 Å². The van der Waals surface area contributed by atoms with Crippen LogP contribution in [0.15, 0.2) is 24.3 Å². The molecular formula is C11H9Cl2N3. The van der Waals surface area contributed by atoms with Crippen molar-refractivity contribution in [2.75, 3.05) is 5.73 Å². The number of rotatable bonds is 1. The lowest BCUT2D eigenvalue weighted by Crippen LogP contribution is -1.97. The van der Waals surface area contributed by atoms with Crippen molar-refractivity contribution in [3.63, 3.8) is 0 Å². The van der Waals surface area contributed by atoms with Gasteiger partial charge in [0.2, 0.25) is 0 Å². The molecule has 5 heteroatoms. The number of aryl methyl sites for hydroxylation is 1. The fourth-order valence-electron chi connectivity index (χ4n) is 1.43. The molecule has 0 fully saturated rings. The Labute approximate surface area is 103 Å². The van der Waals surface area contributed by atoms with Crippen molar-refractivity contribution in [3.8, 4) is 11.3 Å². The van der Waals surface area contributed by atoms with Crippen LogP contribution in [0.2, 0.25) is 10.0 Å². The number of nitrogens with two attached hydrogens (primary N) is 1. The Bertz CT molecular complexity index is 520. The molecule has 2 rings (SSSR count). The summed E-state index contributed by atoms with van der Waals surface area (Å²) in [4.78, 5) is 8.27. The van der Waals surface area contributed by atoms with Crippen LogP contribution in [0.3, 0.4) is 0 Å². The third-order valence-electron chi connectivity index (χ3n) is 2.09. The number of aromatic nitrogens is 2. The van der Waals surface area contributed by atoms with Crippen molar-refractivity contribution in [1.82, 2.24) is 9.97 Å². The summed E-state index contributed by atoms with van der Waals surface area (Å²) in [6, 6.07) is 7.06. The normalized spacial score (nSPS) is 10.4. The third-order valence-corrected chi connectivity index (χ3v) is 2.90. The van der Waals surface area contributed by atoms with E-state index < -0.39 is 0 Å². The molecule has 3 nitrogen and oxygen atoms in total. The third kappa shape index (κ3) is 2.10. The molecule has 2 aromatic rings. The highest BCUT2D eigenvalue weighted by molar-refractivity contribution is 6.43. The molecule has 2 N–H and O–H groups in total. The number of anilines is 1. The summed E-state index contributed by atoms with van der Waals surface area (Å²) in [5, 5.41) is 0.968. The smallest absolute Gasteiger partial charge is 0.128 e. The summed E-state index contributed by atoms with van der Waals surface area (Å²) in [5.74, 6) is 1.02. The molecule has 1 heterocycles. The maximum Gasteiger partial charge on any atom is 0.128 e. The van der Waals surface area contributed by atoms with Gasteiger partial charge < -0.3 is 5.73 Å². The fourth-order valence-corrected chi connectivity index (χ4v) is 1.83. The Kier molecular flexibility index (Phi) is 2.99. The maximum atomic E-state index is 6.10. The number of nitrogen functional groups attached to an aromatic ring is 1. The van der Waals surface area contributed by atoms with E-state index in [9.17, 15) is 0 Å². The molecule has 16 heavy (non-hydrogen) atoms. The predicted octanol–water partition coefficient (Wildman–Crippen LogP) is 3.34. The van der Waals surface area contributed by atoms with Gasteiger partial charge in [0, 0.05) is 11.6 Å². The van der Waals surface area contributed by atoms with Crippen LogP contribution in [-0.4, -0.2) is 9.97 Å². The van der Waals surface area contributed by atoms with Crippen molar-refractivity contribution >= 4 is 29.0 Å². The number of hydrogen-bond donors (Lipinski definition) is 1. The standard InChI is InChI=1S/C11H9Cl2N3/c1-6-15-9(5-10(14)16-6)7-3-2-4-8(12)11(7)13/h2-5H,1H3,(H2,14,15,16). The monoisotopic (exact) mass is 253 g/mol. The SMILES string of the molecule is Cc1nc(N)cc(-c2cccc(Cl)c2Cl)n1. The minimum atomic E-state index is 0.415. The van der Waals surface area contributed by atoms with Gasteiger partial charge >= 0.3 is 0 Å². The largest absolute Gasteiger partial charge is 0.384 e. The molecule has 0 saturated carbocycles. The molecule has 0 atom stereocenters. The van der Waals surface area contributed by atoms with Crippen molar-refractivity contribution in [2.45, 2.75) is 6.92 Å². The van der Waals surface area contributed by atoms with Crippen LogP contribution in [0, 0.1) is 6.92 Å². The highest BCUT2D eigenvalue weighted by Crippen LogP contribution is 2.32. The van der Waals surface area contributed by atoms with Crippen molar-refractivity contribution < 1.29 is 0 Å². The van der Waals surface area contributed by atoms with E-state index in [1.165, 1.54) is 0 Å². The molecule has 1 aromatic heterocycles. The molecule has 0 unspecified atom stereocenters. The summed E-state index contributed by atoms with van der Waals surface area (Å²) >= 11 is 12.0. The van der Waals surface area contributed by atoms with Crippen LogP contribution >= 0.6 is 23.2 Å².